The van der Waals surface area contributed by atoms with Gasteiger partial charge in [-0.2, -0.15) is 5.53 Å². The summed E-state index contributed by atoms with van der Waals surface area (Å²) in [5, 5.41) is 4.92. The average Bonchev–Trinajstić information content (AvgIpc) is 3.10. The molecule has 0 aliphatic carbocycles. The van der Waals surface area contributed by atoms with Crippen LogP contribution < -0.4 is 15.2 Å². The smallest absolute Gasteiger partial charge is 0.186 e. The largest absolute Gasteiger partial charge is 0.491 e. The maximum atomic E-state index is 5.97. The first-order valence-corrected chi connectivity index (χ1v) is 10.4. The molecular weight excluding hydrogens is 348 g/mol. The number of morpholine rings is 1. The van der Waals surface area contributed by atoms with Gasteiger partial charge >= 0.3 is 0 Å². The average molecular weight is 378 g/mol. The predicted octanol–water partition coefficient (Wildman–Crippen LogP) is 3.72. The molecule has 0 radical (unpaired) electrons. The minimum absolute atomic E-state index is 0.669. The van der Waals surface area contributed by atoms with E-state index in [1.807, 2.05) is 12.1 Å². The van der Waals surface area contributed by atoms with Crippen molar-refractivity contribution in [2.24, 2.45) is 5.11 Å². The van der Waals surface area contributed by atoms with E-state index in [2.05, 4.69) is 16.9 Å². The normalized spacial score (nSPS) is 14.7. The first kappa shape index (κ1) is 19.0. The quantitative estimate of drug-likeness (QED) is 0.506. The number of fused-ring (bicyclic) bond motifs is 1. The van der Waals surface area contributed by atoms with Gasteiger partial charge in [-0.05, 0) is 11.5 Å². The number of aromatic nitrogens is 1. The number of nitrogens with two attached hydrogens (primary N) is 1. The fraction of sp³-hybridized carbons (Fsp3) is 0.632. The third-order valence-corrected chi connectivity index (χ3v) is 5.71. The molecule has 0 atom stereocenters. The molecule has 2 aromatic rings. The van der Waals surface area contributed by atoms with Crippen molar-refractivity contribution in [2.45, 2.75) is 45.4 Å². The molecule has 1 aliphatic rings. The van der Waals surface area contributed by atoms with Crippen LogP contribution in [-0.2, 0) is 4.74 Å². The summed E-state index contributed by atoms with van der Waals surface area (Å²) in [5.41, 5.74) is 7.16. The van der Waals surface area contributed by atoms with Gasteiger partial charge in [-0.15, -0.1) is 0 Å². The van der Waals surface area contributed by atoms with Crippen molar-refractivity contribution in [1.82, 2.24) is 4.98 Å². The van der Waals surface area contributed by atoms with E-state index in [-0.39, 0.29) is 0 Å². The lowest BCUT2D eigenvalue weighted by molar-refractivity contribution is -0.210. The number of anilines is 1. The summed E-state index contributed by atoms with van der Waals surface area (Å²) in [6.07, 6.45) is 7.47. The summed E-state index contributed by atoms with van der Waals surface area (Å²) in [5.74, 6) is 0.755. The molecule has 7 heteroatoms. The van der Waals surface area contributed by atoms with Crippen LogP contribution in [0, 0.1) is 0 Å². The van der Waals surface area contributed by atoms with Crippen LogP contribution in [-0.4, -0.2) is 37.9 Å². The topological polar surface area (TPSA) is 72.5 Å². The van der Waals surface area contributed by atoms with Crippen LogP contribution in [0.15, 0.2) is 17.2 Å². The second-order valence-corrected chi connectivity index (χ2v) is 7.64. The Hall–Kier alpha value is -1.73. The molecule has 0 spiro atoms. The fourth-order valence-electron chi connectivity index (χ4n) is 3.10. The lowest BCUT2D eigenvalue weighted by atomic mass is 10.1. The first-order valence-electron chi connectivity index (χ1n) is 9.63. The van der Waals surface area contributed by atoms with Gasteiger partial charge in [0.25, 0.3) is 0 Å². The zero-order valence-electron chi connectivity index (χ0n) is 15.6. The Kier molecular flexibility index (Phi) is 7.20. The molecule has 6 nitrogen and oxygen atoms in total. The molecule has 0 amide bonds. The van der Waals surface area contributed by atoms with Crippen LogP contribution in [0.4, 0.5) is 10.8 Å². The van der Waals surface area contributed by atoms with E-state index >= 15 is 0 Å². The van der Waals surface area contributed by atoms with Crippen LogP contribution in [0.3, 0.4) is 0 Å². The number of hydrogen-bond acceptors (Lipinski definition) is 6. The molecule has 2 N–H and O–H groups in total. The number of nitrogens with zero attached hydrogens (tertiary/aromatic N) is 3. The van der Waals surface area contributed by atoms with Crippen LogP contribution in [0.1, 0.15) is 45.4 Å². The van der Waals surface area contributed by atoms with Crippen LogP contribution in [0.25, 0.3) is 10.2 Å². The highest BCUT2D eigenvalue weighted by molar-refractivity contribution is 7.22. The number of thiazole rings is 1. The highest BCUT2D eigenvalue weighted by atomic mass is 32.1. The van der Waals surface area contributed by atoms with E-state index in [4.69, 9.17) is 20.0 Å². The Bertz CT molecular complexity index is 713. The predicted molar refractivity (Wildman–Crippen MR) is 106 cm³/mol. The second kappa shape index (κ2) is 9.83. The van der Waals surface area contributed by atoms with Gasteiger partial charge in [-0.3, -0.25) is 0 Å². The highest BCUT2D eigenvalue weighted by Gasteiger charge is 2.17. The molecule has 1 saturated heterocycles. The third kappa shape index (κ3) is 4.92. The van der Waals surface area contributed by atoms with Crippen LogP contribution >= 0.6 is 11.3 Å². The summed E-state index contributed by atoms with van der Waals surface area (Å²) >= 11 is 1.69. The number of unbranched alkanes of at least 4 members (excludes halogenated alkanes) is 5. The van der Waals surface area contributed by atoms with Crippen LogP contribution in [0.5, 0.6) is 5.75 Å². The standard InChI is InChI=1S/C19H28N4O2S/c1-2-3-4-5-6-7-10-25-17-14-18-16(13-15(17)22-20)21-19(26-18)23-8-11-24-12-9-23/h13-14,20H,2-12H2,1H3/p+1. The van der Waals surface area contributed by atoms with E-state index < -0.39 is 0 Å². The summed E-state index contributed by atoms with van der Waals surface area (Å²) in [4.78, 5) is 7.01. The molecule has 0 unspecified atom stereocenters. The molecule has 1 fully saturated rings. The van der Waals surface area contributed by atoms with E-state index in [1.54, 1.807) is 11.3 Å². The van der Waals surface area contributed by atoms with E-state index in [0.717, 1.165) is 53.8 Å². The number of ether oxygens (including phenoxy) is 2. The summed E-state index contributed by atoms with van der Waals surface area (Å²) in [7, 11) is 0. The molecular formula is C19H29N4O2S+. The fourth-order valence-corrected chi connectivity index (χ4v) is 4.13. The van der Waals surface area contributed by atoms with Crippen molar-refractivity contribution in [3.05, 3.63) is 12.1 Å². The summed E-state index contributed by atoms with van der Waals surface area (Å²) < 4.78 is 12.5. The van der Waals surface area contributed by atoms with Crippen molar-refractivity contribution in [1.29, 1.82) is 0 Å². The number of rotatable bonds is 10. The molecule has 0 saturated carbocycles. The molecule has 1 aromatic carbocycles. The Morgan fingerprint density at radius 1 is 1.19 bits per heavy atom. The van der Waals surface area contributed by atoms with Gasteiger partial charge in [-0.1, -0.05) is 50.4 Å². The molecule has 0 bridgehead atoms. The van der Waals surface area contributed by atoms with Gasteiger partial charge in [0.15, 0.2) is 16.6 Å². The first-order chi connectivity index (χ1) is 12.8. The van der Waals surface area contributed by atoms with Gasteiger partial charge < -0.3 is 14.4 Å². The molecule has 2 heterocycles. The Balaban J connectivity index is 1.62. The van der Waals surface area contributed by atoms with Gasteiger partial charge in [0, 0.05) is 25.2 Å². The zero-order chi connectivity index (χ0) is 18.2. The van der Waals surface area contributed by atoms with E-state index in [9.17, 15) is 0 Å². The zero-order valence-corrected chi connectivity index (χ0v) is 16.4. The molecule has 3 rings (SSSR count). The van der Waals surface area contributed by atoms with Crippen molar-refractivity contribution < 1.29 is 15.0 Å². The van der Waals surface area contributed by atoms with E-state index in [0.29, 0.717) is 12.3 Å². The third-order valence-electron chi connectivity index (χ3n) is 4.63. The van der Waals surface area contributed by atoms with Gasteiger partial charge in [0.2, 0.25) is 0 Å². The summed E-state index contributed by atoms with van der Waals surface area (Å²) in [6.45, 7) is 6.22. The molecule has 1 aromatic heterocycles. The minimum Gasteiger partial charge on any atom is -0.491 e. The summed E-state index contributed by atoms with van der Waals surface area (Å²) in [6, 6.07) is 3.95. The lowest BCUT2D eigenvalue weighted by Gasteiger charge is -2.25. The maximum absolute atomic E-state index is 5.97. The minimum atomic E-state index is 0.669. The van der Waals surface area contributed by atoms with Crippen LogP contribution in [0.2, 0.25) is 0 Å². The van der Waals surface area contributed by atoms with Crippen molar-refractivity contribution in [2.75, 3.05) is 37.8 Å². The van der Waals surface area contributed by atoms with Crippen molar-refractivity contribution in [3.8, 4) is 5.75 Å². The Morgan fingerprint density at radius 3 is 2.73 bits per heavy atom. The van der Waals surface area contributed by atoms with Gasteiger partial charge in [0.05, 0.1) is 30.0 Å². The molecule has 1 aliphatic heterocycles. The second-order valence-electron chi connectivity index (χ2n) is 6.63. The van der Waals surface area contributed by atoms with Gasteiger partial charge in [-0.25, -0.2) is 4.98 Å². The van der Waals surface area contributed by atoms with E-state index in [1.165, 1.54) is 32.1 Å². The number of benzene rings is 1. The number of hydrogen-bond donors (Lipinski definition) is 1. The highest BCUT2D eigenvalue weighted by Crippen LogP contribution is 2.37. The van der Waals surface area contributed by atoms with Crippen molar-refractivity contribution in [3.63, 3.8) is 0 Å². The molecule has 142 valence electrons. The maximum Gasteiger partial charge on any atom is 0.186 e. The monoisotopic (exact) mass is 377 g/mol. The lowest BCUT2D eigenvalue weighted by Crippen LogP contribution is -2.36. The van der Waals surface area contributed by atoms with Gasteiger partial charge in [0.1, 0.15) is 0 Å². The Morgan fingerprint density at radius 2 is 1.96 bits per heavy atom. The SMILES string of the molecule is CCCCCCCCOc1cc2sc(N3CCOCC3)nc2cc1N=[NH2+]. The van der Waals surface area contributed by atoms with Crippen molar-refractivity contribution >= 4 is 32.4 Å². The molecule has 26 heavy (non-hydrogen) atoms. The Labute approximate surface area is 159 Å².